The second-order valence-corrected chi connectivity index (χ2v) is 6.23. The van der Waals surface area contributed by atoms with Crippen molar-refractivity contribution in [2.45, 2.75) is 45.3 Å². The van der Waals surface area contributed by atoms with Gasteiger partial charge in [-0.25, -0.2) is 4.79 Å². The molecule has 0 saturated carbocycles. The van der Waals surface area contributed by atoms with E-state index in [1.54, 1.807) is 12.1 Å². The van der Waals surface area contributed by atoms with Gasteiger partial charge in [0, 0.05) is 6.54 Å². The number of halogens is 2. The summed E-state index contributed by atoms with van der Waals surface area (Å²) >= 11 is 0. The van der Waals surface area contributed by atoms with Crippen LogP contribution in [0.5, 0.6) is 5.75 Å². The van der Waals surface area contributed by atoms with Crippen LogP contribution in [-0.2, 0) is 16.0 Å². The zero-order valence-corrected chi connectivity index (χ0v) is 15.3. The van der Waals surface area contributed by atoms with Crippen LogP contribution in [0.25, 0.3) is 0 Å². The number of imide groups is 1. The molecule has 1 aromatic rings. The third-order valence-corrected chi connectivity index (χ3v) is 4.64. The molecule has 148 valence electrons. The molecule has 1 heterocycles. The summed E-state index contributed by atoms with van der Waals surface area (Å²) in [5.74, 6) is -0.770. The summed E-state index contributed by atoms with van der Waals surface area (Å²) in [5, 5.41) is 5.31. The molecular formula is C18H23F2N3O4. The van der Waals surface area contributed by atoms with Crippen LogP contribution in [0, 0.1) is 0 Å². The molecule has 27 heavy (non-hydrogen) atoms. The Morgan fingerprint density at radius 1 is 1.22 bits per heavy atom. The van der Waals surface area contributed by atoms with Crippen molar-refractivity contribution in [3.8, 4) is 5.75 Å². The van der Waals surface area contributed by atoms with Gasteiger partial charge in [0.05, 0.1) is 0 Å². The predicted molar refractivity (Wildman–Crippen MR) is 93.3 cm³/mol. The Kier molecular flexibility index (Phi) is 6.70. The molecule has 4 amide bonds. The third-order valence-electron chi connectivity index (χ3n) is 4.64. The minimum absolute atomic E-state index is 0.0617. The molecule has 2 rings (SSSR count). The van der Waals surface area contributed by atoms with E-state index in [2.05, 4.69) is 15.4 Å². The lowest BCUT2D eigenvalue weighted by Crippen LogP contribution is -2.46. The minimum atomic E-state index is -2.88. The van der Waals surface area contributed by atoms with Gasteiger partial charge in [-0.1, -0.05) is 26.0 Å². The van der Waals surface area contributed by atoms with Crippen molar-refractivity contribution in [1.82, 2.24) is 15.5 Å². The first-order valence-electron chi connectivity index (χ1n) is 8.76. The molecule has 1 aliphatic heterocycles. The smallest absolute Gasteiger partial charge is 0.387 e. The molecular weight excluding hydrogens is 360 g/mol. The average Bonchev–Trinajstić information content (AvgIpc) is 2.87. The lowest BCUT2D eigenvalue weighted by molar-refractivity contribution is -0.135. The number of alkyl halides is 2. The van der Waals surface area contributed by atoms with E-state index in [9.17, 15) is 23.2 Å². The summed E-state index contributed by atoms with van der Waals surface area (Å²) in [4.78, 5) is 37.4. The van der Waals surface area contributed by atoms with Gasteiger partial charge in [0.25, 0.3) is 5.91 Å². The van der Waals surface area contributed by atoms with Gasteiger partial charge in [0.2, 0.25) is 5.91 Å². The van der Waals surface area contributed by atoms with Crippen molar-refractivity contribution in [3.05, 3.63) is 29.8 Å². The standard InChI is InChI=1S/C18H23F2N3O4/c1-3-18(4-2)15(25)23(17(26)22-18)11-14(24)21-10-9-12-5-7-13(8-6-12)27-16(19)20/h5-8,16H,3-4,9-11H2,1-2H3,(H,21,24)(H,22,26). The topological polar surface area (TPSA) is 87.7 Å². The van der Waals surface area contributed by atoms with Crippen LogP contribution in [0.3, 0.4) is 0 Å². The van der Waals surface area contributed by atoms with Crippen molar-refractivity contribution in [2.24, 2.45) is 0 Å². The van der Waals surface area contributed by atoms with E-state index in [4.69, 9.17) is 0 Å². The monoisotopic (exact) mass is 383 g/mol. The fraction of sp³-hybridized carbons (Fsp3) is 0.500. The lowest BCUT2D eigenvalue weighted by atomic mass is 9.93. The van der Waals surface area contributed by atoms with E-state index in [0.717, 1.165) is 10.5 Å². The first kappa shape index (κ1) is 20.6. The minimum Gasteiger partial charge on any atom is -0.435 e. The van der Waals surface area contributed by atoms with E-state index < -0.39 is 24.1 Å². The summed E-state index contributed by atoms with van der Waals surface area (Å²) in [6, 6.07) is 5.53. The number of hydrogen-bond acceptors (Lipinski definition) is 4. The highest BCUT2D eigenvalue weighted by atomic mass is 19.3. The maximum atomic E-state index is 12.4. The van der Waals surface area contributed by atoms with E-state index in [-0.39, 0.29) is 24.7 Å². The van der Waals surface area contributed by atoms with Gasteiger partial charge in [0.1, 0.15) is 17.8 Å². The Balaban J connectivity index is 1.81. The number of carbonyl (C=O) groups is 3. The van der Waals surface area contributed by atoms with Gasteiger partial charge >= 0.3 is 12.6 Å². The van der Waals surface area contributed by atoms with Crippen LogP contribution in [0.4, 0.5) is 13.6 Å². The van der Waals surface area contributed by atoms with Crippen molar-refractivity contribution in [1.29, 1.82) is 0 Å². The highest BCUT2D eigenvalue weighted by Crippen LogP contribution is 2.24. The molecule has 1 aliphatic rings. The van der Waals surface area contributed by atoms with Crippen LogP contribution in [0.2, 0.25) is 0 Å². The number of urea groups is 1. The predicted octanol–water partition coefficient (Wildman–Crippen LogP) is 2.06. The van der Waals surface area contributed by atoms with Crippen molar-refractivity contribution >= 4 is 17.8 Å². The number of nitrogens with one attached hydrogen (secondary N) is 2. The summed E-state index contributed by atoms with van der Waals surface area (Å²) < 4.78 is 28.5. The molecule has 1 aromatic carbocycles. The molecule has 0 atom stereocenters. The Labute approximate surface area is 156 Å². The number of nitrogens with zero attached hydrogens (tertiary/aromatic N) is 1. The summed E-state index contributed by atoms with van der Waals surface area (Å²) in [7, 11) is 0. The van der Waals surface area contributed by atoms with Gasteiger partial charge in [-0.2, -0.15) is 8.78 Å². The number of ether oxygens (including phenoxy) is 1. The zero-order valence-electron chi connectivity index (χ0n) is 15.3. The molecule has 0 radical (unpaired) electrons. The van der Waals surface area contributed by atoms with Crippen LogP contribution >= 0.6 is 0 Å². The van der Waals surface area contributed by atoms with Crippen molar-refractivity contribution in [3.63, 3.8) is 0 Å². The fourth-order valence-electron chi connectivity index (χ4n) is 2.93. The van der Waals surface area contributed by atoms with Gasteiger partial charge < -0.3 is 15.4 Å². The summed E-state index contributed by atoms with van der Waals surface area (Å²) in [6.07, 6.45) is 1.38. The SMILES string of the molecule is CCC1(CC)NC(=O)N(CC(=O)NCCc2ccc(OC(F)F)cc2)C1=O. The van der Waals surface area contributed by atoms with Crippen molar-refractivity contribution < 1.29 is 27.9 Å². The lowest BCUT2D eigenvalue weighted by Gasteiger charge is -2.23. The number of benzene rings is 1. The highest BCUT2D eigenvalue weighted by Gasteiger charge is 2.49. The number of rotatable bonds is 9. The summed E-state index contributed by atoms with van der Waals surface area (Å²) in [6.45, 7) is 0.684. The van der Waals surface area contributed by atoms with E-state index >= 15 is 0 Å². The molecule has 2 N–H and O–H groups in total. The third kappa shape index (κ3) is 4.93. The molecule has 1 fully saturated rings. The second-order valence-electron chi connectivity index (χ2n) is 6.23. The molecule has 0 aliphatic carbocycles. The first-order chi connectivity index (χ1) is 12.8. The molecule has 0 aromatic heterocycles. The van der Waals surface area contributed by atoms with Crippen LogP contribution in [0.15, 0.2) is 24.3 Å². The Hall–Kier alpha value is -2.71. The molecule has 9 heteroatoms. The molecule has 7 nitrogen and oxygen atoms in total. The van der Waals surface area contributed by atoms with Gasteiger partial charge in [0.15, 0.2) is 0 Å². The Bertz CT molecular complexity index is 690. The number of hydrogen-bond donors (Lipinski definition) is 2. The van der Waals surface area contributed by atoms with Crippen molar-refractivity contribution in [2.75, 3.05) is 13.1 Å². The molecule has 0 spiro atoms. The highest BCUT2D eigenvalue weighted by molar-refractivity contribution is 6.08. The van der Waals surface area contributed by atoms with Crippen LogP contribution in [-0.4, -0.2) is 48.0 Å². The number of carbonyl (C=O) groups excluding carboxylic acids is 3. The Morgan fingerprint density at radius 3 is 2.37 bits per heavy atom. The van der Waals surface area contributed by atoms with E-state index in [1.807, 2.05) is 13.8 Å². The zero-order chi connectivity index (χ0) is 20.0. The number of amides is 4. The first-order valence-corrected chi connectivity index (χ1v) is 8.76. The van der Waals surface area contributed by atoms with Crippen LogP contribution < -0.4 is 15.4 Å². The largest absolute Gasteiger partial charge is 0.435 e. The quantitative estimate of drug-likeness (QED) is 0.639. The maximum Gasteiger partial charge on any atom is 0.387 e. The normalized spacial score (nSPS) is 15.8. The van der Waals surface area contributed by atoms with E-state index in [0.29, 0.717) is 19.3 Å². The molecule has 0 unspecified atom stereocenters. The summed E-state index contributed by atoms with van der Waals surface area (Å²) in [5.41, 5.74) is -0.109. The van der Waals surface area contributed by atoms with Gasteiger partial charge in [-0.05, 0) is 37.0 Å². The fourth-order valence-corrected chi connectivity index (χ4v) is 2.93. The van der Waals surface area contributed by atoms with E-state index in [1.165, 1.54) is 12.1 Å². The molecule has 0 bridgehead atoms. The molecule has 1 saturated heterocycles. The maximum absolute atomic E-state index is 12.4. The average molecular weight is 383 g/mol. The van der Waals surface area contributed by atoms with Gasteiger partial charge in [-0.3, -0.25) is 14.5 Å². The van der Waals surface area contributed by atoms with Crippen LogP contribution in [0.1, 0.15) is 32.3 Å². The van der Waals surface area contributed by atoms with Gasteiger partial charge in [-0.15, -0.1) is 0 Å². The second kappa shape index (κ2) is 8.79. The Morgan fingerprint density at radius 2 is 1.85 bits per heavy atom.